The van der Waals surface area contributed by atoms with Crippen molar-refractivity contribution in [3.8, 4) is 0 Å². The van der Waals surface area contributed by atoms with Gasteiger partial charge in [0.15, 0.2) is 33.6 Å². The molecule has 1 aliphatic heterocycles. The summed E-state index contributed by atoms with van der Waals surface area (Å²) in [6.45, 7) is 2.79. The molecule has 3 aliphatic rings. The average molecular weight is 558 g/mol. The fraction of sp³-hybridized carbons (Fsp3) is 0.500. The van der Waals surface area contributed by atoms with E-state index in [2.05, 4.69) is 12.2 Å². The van der Waals surface area contributed by atoms with Crippen LogP contribution in [0, 0.1) is 35.2 Å². The van der Waals surface area contributed by atoms with Crippen molar-refractivity contribution < 1.29 is 35.9 Å². The van der Waals surface area contributed by atoms with Gasteiger partial charge in [0.2, 0.25) is 0 Å². The summed E-state index contributed by atoms with van der Waals surface area (Å²) in [5, 5.41) is 1.56. The lowest BCUT2D eigenvalue weighted by Crippen LogP contribution is -2.41. The molecule has 6 atom stereocenters. The van der Waals surface area contributed by atoms with Crippen LogP contribution in [0.2, 0.25) is 5.02 Å². The molecular weight excluding hydrogens is 531 g/mol. The third-order valence-corrected chi connectivity index (χ3v) is 10.4. The molecule has 6 nitrogen and oxygen atoms in total. The third-order valence-electron chi connectivity index (χ3n) is 7.77. The maximum atomic E-state index is 13.7. The lowest BCUT2D eigenvalue weighted by molar-refractivity contribution is -0.170. The molecule has 5 rings (SSSR count). The van der Waals surface area contributed by atoms with E-state index >= 15 is 0 Å². The third kappa shape index (κ3) is 5.13. The summed E-state index contributed by atoms with van der Waals surface area (Å²) in [4.78, 5) is 12.6. The van der Waals surface area contributed by atoms with E-state index in [1.165, 1.54) is 18.2 Å². The molecule has 1 N–H and O–H groups in total. The van der Waals surface area contributed by atoms with Gasteiger partial charge in [-0.15, -0.1) is 0 Å². The standard InChI is InChI=1S/C26H27ClF3NO5S/c1-13-7-15-8-17(12-18(13)25(15)36-23-3-2-6-35-23)37(33,34)22-9-14(4-5-19(22)27)26(32)31-16-10-20(28)24(30)21(29)11-16/h4-5,9-11,13,15,17-18,23,25H,2-3,6-8,12H2,1H3,(H,31,32)/t13-,15?,17?,18?,23?,25+/m0/s1. The van der Waals surface area contributed by atoms with Gasteiger partial charge in [-0.3, -0.25) is 4.79 Å². The van der Waals surface area contributed by atoms with E-state index in [-0.39, 0.29) is 45.4 Å². The van der Waals surface area contributed by atoms with Gasteiger partial charge in [0.1, 0.15) is 0 Å². The molecule has 1 heterocycles. The van der Waals surface area contributed by atoms with Crippen LogP contribution in [-0.4, -0.2) is 38.6 Å². The van der Waals surface area contributed by atoms with E-state index in [1.54, 1.807) is 0 Å². The van der Waals surface area contributed by atoms with Crippen molar-refractivity contribution in [2.75, 3.05) is 11.9 Å². The van der Waals surface area contributed by atoms with Crippen LogP contribution in [0.5, 0.6) is 0 Å². The van der Waals surface area contributed by atoms with Crippen molar-refractivity contribution in [1.82, 2.24) is 0 Å². The van der Waals surface area contributed by atoms with Gasteiger partial charge in [-0.1, -0.05) is 18.5 Å². The minimum absolute atomic E-state index is 0.0199. The van der Waals surface area contributed by atoms with Gasteiger partial charge in [0.05, 0.1) is 21.3 Å². The minimum Gasteiger partial charge on any atom is -0.353 e. The number of halogens is 4. The Morgan fingerprint density at radius 3 is 2.49 bits per heavy atom. The highest BCUT2D eigenvalue weighted by Gasteiger charge is 2.51. The summed E-state index contributed by atoms with van der Waals surface area (Å²) in [6, 6.07) is 5.06. The summed E-state index contributed by atoms with van der Waals surface area (Å²) >= 11 is 6.29. The van der Waals surface area contributed by atoms with E-state index in [9.17, 15) is 26.4 Å². The predicted molar refractivity (Wildman–Crippen MR) is 131 cm³/mol. The van der Waals surface area contributed by atoms with E-state index in [0.717, 1.165) is 19.3 Å². The molecule has 4 unspecified atom stereocenters. The van der Waals surface area contributed by atoms with Crippen molar-refractivity contribution in [3.63, 3.8) is 0 Å². The molecule has 200 valence electrons. The maximum absolute atomic E-state index is 13.7. The largest absolute Gasteiger partial charge is 0.353 e. The fourth-order valence-electron chi connectivity index (χ4n) is 5.96. The van der Waals surface area contributed by atoms with Crippen molar-refractivity contribution in [3.05, 3.63) is 58.4 Å². The Balaban J connectivity index is 1.35. The number of hydrogen-bond donors (Lipinski definition) is 1. The molecule has 0 aromatic heterocycles. The zero-order valence-corrected chi connectivity index (χ0v) is 21.6. The average Bonchev–Trinajstić information content (AvgIpc) is 3.41. The fourth-order valence-corrected chi connectivity index (χ4v) is 8.37. The van der Waals surface area contributed by atoms with E-state index in [0.29, 0.717) is 37.5 Å². The number of sulfone groups is 1. The number of amides is 1. The second kappa shape index (κ2) is 10.2. The molecule has 2 bridgehead atoms. The van der Waals surface area contributed by atoms with Gasteiger partial charge in [-0.05, 0) is 61.6 Å². The van der Waals surface area contributed by atoms with Gasteiger partial charge >= 0.3 is 0 Å². The summed E-state index contributed by atoms with van der Waals surface area (Å²) in [5.74, 6) is -4.95. The summed E-state index contributed by atoms with van der Waals surface area (Å²) in [6.07, 6.45) is 3.21. The number of carbonyl (C=O) groups excluding carboxylic acids is 1. The van der Waals surface area contributed by atoms with Gasteiger partial charge in [-0.25, -0.2) is 21.6 Å². The van der Waals surface area contributed by atoms with Crippen LogP contribution in [-0.2, 0) is 19.3 Å². The maximum Gasteiger partial charge on any atom is 0.255 e. The lowest BCUT2D eigenvalue weighted by atomic mass is 9.84. The highest BCUT2D eigenvalue weighted by atomic mass is 35.5. The van der Waals surface area contributed by atoms with Gasteiger partial charge in [0, 0.05) is 36.4 Å². The topological polar surface area (TPSA) is 81.7 Å². The van der Waals surface area contributed by atoms with Crippen LogP contribution in [0.1, 0.15) is 49.4 Å². The molecule has 37 heavy (non-hydrogen) atoms. The smallest absolute Gasteiger partial charge is 0.255 e. The first-order chi connectivity index (χ1) is 17.5. The zero-order valence-electron chi connectivity index (χ0n) is 20.1. The Bertz CT molecular complexity index is 1290. The molecule has 0 spiro atoms. The lowest BCUT2D eigenvalue weighted by Gasteiger charge is -2.36. The predicted octanol–water partition coefficient (Wildman–Crippen LogP) is 5.74. The van der Waals surface area contributed by atoms with Gasteiger partial charge in [0.25, 0.3) is 5.91 Å². The molecule has 2 aromatic rings. The summed E-state index contributed by atoms with van der Waals surface area (Å²) < 4.78 is 79.6. The molecule has 1 saturated heterocycles. The Morgan fingerprint density at radius 2 is 1.84 bits per heavy atom. The van der Waals surface area contributed by atoms with Crippen molar-refractivity contribution in [2.24, 2.45) is 17.8 Å². The number of hydrogen-bond acceptors (Lipinski definition) is 5. The first kappa shape index (κ1) is 26.5. The molecule has 1 amide bonds. The van der Waals surface area contributed by atoms with Crippen LogP contribution in [0.25, 0.3) is 0 Å². The van der Waals surface area contributed by atoms with Crippen molar-refractivity contribution in [1.29, 1.82) is 0 Å². The van der Waals surface area contributed by atoms with Crippen LogP contribution in [0.4, 0.5) is 18.9 Å². The number of fused-ring (bicyclic) bond motifs is 2. The number of rotatable bonds is 6. The Hall–Kier alpha value is -2.14. The molecule has 11 heteroatoms. The Morgan fingerprint density at radius 1 is 1.11 bits per heavy atom. The minimum atomic E-state index is -3.91. The second-order valence-corrected chi connectivity index (χ2v) is 12.8. The summed E-state index contributed by atoms with van der Waals surface area (Å²) in [5.41, 5.74) is -0.379. The summed E-state index contributed by atoms with van der Waals surface area (Å²) in [7, 11) is -3.91. The molecule has 0 radical (unpaired) electrons. The Labute approximate surface area is 218 Å². The SMILES string of the molecule is C[C@H]1CC2CC(S(=O)(=O)c3cc(C(=O)Nc4cc(F)c(F)c(F)c4)ccc3Cl)CC1[C@@H]2OC1CCCO1. The van der Waals surface area contributed by atoms with Crippen LogP contribution < -0.4 is 5.32 Å². The first-order valence-corrected chi connectivity index (χ1v) is 14.2. The van der Waals surface area contributed by atoms with E-state index in [1.807, 2.05) is 0 Å². The Kier molecular flexibility index (Phi) is 7.30. The van der Waals surface area contributed by atoms with Gasteiger partial charge < -0.3 is 14.8 Å². The van der Waals surface area contributed by atoms with Crippen LogP contribution >= 0.6 is 11.6 Å². The van der Waals surface area contributed by atoms with Gasteiger partial charge in [-0.2, -0.15) is 0 Å². The molecular formula is C26H27ClF3NO5S. The highest BCUT2D eigenvalue weighted by molar-refractivity contribution is 7.92. The van der Waals surface area contributed by atoms with Crippen molar-refractivity contribution >= 4 is 33.0 Å². The van der Waals surface area contributed by atoms with E-state index < -0.39 is 38.4 Å². The molecule has 2 aliphatic carbocycles. The quantitative estimate of drug-likeness (QED) is 0.458. The van der Waals surface area contributed by atoms with Crippen LogP contribution in [0.3, 0.4) is 0 Å². The zero-order chi connectivity index (χ0) is 26.5. The van der Waals surface area contributed by atoms with Crippen LogP contribution in [0.15, 0.2) is 35.2 Å². The second-order valence-electron chi connectivity index (χ2n) is 10.2. The number of carbonyl (C=O) groups is 1. The normalized spacial score (nSPS) is 29.4. The number of benzene rings is 2. The van der Waals surface area contributed by atoms with Crippen molar-refractivity contribution in [2.45, 2.75) is 61.6 Å². The number of ether oxygens (including phenoxy) is 2. The first-order valence-electron chi connectivity index (χ1n) is 12.3. The van der Waals surface area contributed by atoms with E-state index in [4.69, 9.17) is 21.1 Å². The monoisotopic (exact) mass is 557 g/mol. The highest BCUT2D eigenvalue weighted by Crippen LogP contribution is 2.51. The number of anilines is 1. The number of nitrogens with one attached hydrogen (secondary N) is 1. The molecule has 3 fully saturated rings. The molecule has 2 aromatic carbocycles. The molecule has 2 saturated carbocycles.